The van der Waals surface area contributed by atoms with E-state index in [4.69, 9.17) is 5.73 Å². The van der Waals surface area contributed by atoms with E-state index in [2.05, 4.69) is 28.4 Å². The van der Waals surface area contributed by atoms with Crippen LogP contribution in [0.3, 0.4) is 0 Å². The normalized spacial score (nSPS) is 19.4. The quantitative estimate of drug-likeness (QED) is 0.815. The van der Waals surface area contributed by atoms with Crippen LogP contribution in [0, 0.1) is 0 Å². The highest BCUT2D eigenvalue weighted by molar-refractivity contribution is 5.85. The lowest BCUT2D eigenvalue weighted by molar-refractivity contribution is 0.304. The van der Waals surface area contributed by atoms with Gasteiger partial charge in [-0.05, 0) is 18.4 Å². The number of rotatable bonds is 1. The molecule has 3 heteroatoms. The second-order valence-electron chi connectivity index (χ2n) is 5.01. The van der Waals surface area contributed by atoms with Crippen molar-refractivity contribution >= 4 is 10.8 Å². The Morgan fingerprint density at radius 2 is 1.76 bits per heavy atom. The van der Waals surface area contributed by atoms with Gasteiger partial charge in [0.1, 0.15) is 0 Å². The molecule has 0 radical (unpaired) electrons. The number of hydrogen-bond donors (Lipinski definition) is 1. The van der Waals surface area contributed by atoms with Crippen LogP contribution in [-0.2, 0) is 5.54 Å². The lowest BCUT2D eigenvalue weighted by atomic mass is 9.76. The molecule has 1 aliphatic rings. The van der Waals surface area contributed by atoms with E-state index < -0.39 is 0 Å². The number of nitrogens with zero attached hydrogens (tertiary/aromatic N) is 2. The highest BCUT2D eigenvalue weighted by Gasteiger charge is 2.30. The number of benzene rings is 1. The molecule has 1 saturated carbocycles. The van der Waals surface area contributed by atoms with E-state index in [-0.39, 0.29) is 5.54 Å². The fourth-order valence-electron chi connectivity index (χ4n) is 2.91. The highest BCUT2D eigenvalue weighted by atomic mass is 15.1. The minimum Gasteiger partial charge on any atom is -0.321 e. The third-order valence-electron chi connectivity index (χ3n) is 3.87. The molecule has 1 fully saturated rings. The number of hydrogen-bond acceptors (Lipinski definition) is 3. The maximum atomic E-state index is 6.60. The smallest absolute Gasteiger partial charge is 0.0578 e. The van der Waals surface area contributed by atoms with Crippen molar-refractivity contribution in [3.05, 3.63) is 36.2 Å². The molecule has 0 amide bonds. The molecule has 0 bridgehead atoms. The molecule has 0 saturated heterocycles. The molecule has 0 atom stereocenters. The van der Waals surface area contributed by atoms with Crippen molar-refractivity contribution < 1.29 is 0 Å². The average Bonchev–Trinajstić information content (AvgIpc) is 2.39. The summed E-state index contributed by atoms with van der Waals surface area (Å²) in [4.78, 5) is 0. The molecule has 88 valence electrons. The second-order valence-corrected chi connectivity index (χ2v) is 5.01. The molecule has 2 aromatic rings. The summed E-state index contributed by atoms with van der Waals surface area (Å²) in [6.45, 7) is 0. The summed E-state index contributed by atoms with van der Waals surface area (Å²) < 4.78 is 0. The summed E-state index contributed by atoms with van der Waals surface area (Å²) in [6, 6.07) is 6.29. The van der Waals surface area contributed by atoms with Gasteiger partial charge in [-0.1, -0.05) is 37.5 Å². The predicted octanol–water partition coefficient (Wildman–Crippen LogP) is 2.75. The maximum absolute atomic E-state index is 6.60. The zero-order valence-electron chi connectivity index (χ0n) is 9.89. The lowest BCUT2D eigenvalue weighted by Crippen LogP contribution is -2.38. The Labute approximate surface area is 101 Å². The molecule has 1 aromatic heterocycles. The third-order valence-corrected chi connectivity index (χ3v) is 3.87. The topological polar surface area (TPSA) is 51.8 Å². The van der Waals surface area contributed by atoms with Crippen molar-refractivity contribution in [3.8, 4) is 0 Å². The number of fused-ring (bicyclic) bond motifs is 1. The summed E-state index contributed by atoms with van der Waals surface area (Å²) in [7, 11) is 0. The molecule has 0 spiro atoms. The van der Waals surface area contributed by atoms with Gasteiger partial charge in [0.15, 0.2) is 0 Å². The Morgan fingerprint density at radius 1 is 1.00 bits per heavy atom. The summed E-state index contributed by atoms with van der Waals surface area (Å²) >= 11 is 0. The average molecular weight is 227 g/mol. The van der Waals surface area contributed by atoms with E-state index >= 15 is 0 Å². The molecule has 0 unspecified atom stereocenters. The largest absolute Gasteiger partial charge is 0.321 e. The van der Waals surface area contributed by atoms with Crippen LogP contribution in [0.5, 0.6) is 0 Å². The zero-order valence-corrected chi connectivity index (χ0v) is 9.89. The van der Waals surface area contributed by atoms with Gasteiger partial charge in [0.05, 0.1) is 12.4 Å². The Morgan fingerprint density at radius 3 is 2.59 bits per heavy atom. The zero-order chi connectivity index (χ0) is 11.7. The van der Waals surface area contributed by atoms with E-state index in [9.17, 15) is 0 Å². The van der Waals surface area contributed by atoms with Gasteiger partial charge in [0.2, 0.25) is 0 Å². The van der Waals surface area contributed by atoms with Crippen LogP contribution in [0.1, 0.15) is 37.7 Å². The molecular weight excluding hydrogens is 210 g/mol. The van der Waals surface area contributed by atoms with Crippen LogP contribution < -0.4 is 5.73 Å². The fraction of sp³-hybridized carbons (Fsp3) is 0.429. The minimum absolute atomic E-state index is 0.166. The van der Waals surface area contributed by atoms with Crippen LogP contribution in [-0.4, -0.2) is 10.2 Å². The van der Waals surface area contributed by atoms with Crippen molar-refractivity contribution in [2.45, 2.75) is 37.6 Å². The standard InChI is InChI=1S/C14H17N3/c15-14(7-2-1-3-8-14)13-6-4-5-11-9-16-17-10-12(11)13/h4-6,9-10H,1-3,7-8,15H2. The number of nitrogens with two attached hydrogens (primary N) is 1. The third kappa shape index (κ3) is 1.80. The van der Waals surface area contributed by atoms with Crippen molar-refractivity contribution in [3.63, 3.8) is 0 Å². The fourth-order valence-corrected chi connectivity index (χ4v) is 2.91. The molecule has 1 aromatic carbocycles. The van der Waals surface area contributed by atoms with Gasteiger partial charge in [-0.2, -0.15) is 10.2 Å². The second kappa shape index (κ2) is 4.08. The summed E-state index contributed by atoms with van der Waals surface area (Å²) in [5.74, 6) is 0. The predicted molar refractivity (Wildman–Crippen MR) is 68.5 cm³/mol. The Bertz CT molecular complexity index is 524. The first-order valence-electron chi connectivity index (χ1n) is 6.28. The first-order chi connectivity index (χ1) is 8.30. The number of aromatic nitrogens is 2. The first-order valence-corrected chi connectivity index (χ1v) is 6.28. The van der Waals surface area contributed by atoms with Crippen LogP contribution >= 0.6 is 0 Å². The van der Waals surface area contributed by atoms with Crippen LogP contribution in [0.15, 0.2) is 30.6 Å². The van der Waals surface area contributed by atoms with E-state index in [0.717, 1.165) is 23.6 Å². The van der Waals surface area contributed by atoms with Crippen molar-refractivity contribution in [1.82, 2.24) is 10.2 Å². The molecule has 0 aliphatic heterocycles. The van der Waals surface area contributed by atoms with Gasteiger partial charge in [-0.3, -0.25) is 0 Å². The van der Waals surface area contributed by atoms with E-state index in [1.54, 1.807) is 0 Å². The summed E-state index contributed by atoms with van der Waals surface area (Å²) in [5.41, 5.74) is 7.67. The molecule has 1 aliphatic carbocycles. The molecular formula is C14H17N3. The van der Waals surface area contributed by atoms with Gasteiger partial charge in [-0.15, -0.1) is 0 Å². The van der Waals surface area contributed by atoms with E-state index in [0.29, 0.717) is 0 Å². The van der Waals surface area contributed by atoms with Gasteiger partial charge in [0, 0.05) is 16.3 Å². The van der Waals surface area contributed by atoms with E-state index in [1.807, 2.05) is 12.4 Å². The molecule has 3 rings (SSSR count). The van der Waals surface area contributed by atoms with Gasteiger partial charge in [0.25, 0.3) is 0 Å². The van der Waals surface area contributed by atoms with Crippen molar-refractivity contribution in [1.29, 1.82) is 0 Å². The van der Waals surface area contributed by atoms with Crippen molar-refractivity contribution in [2.24, 2.45) is 5.73 Å². The SMILES string of the molecule is NC1(c2cccc3cnncc23)CCCCC1. The highest BCUT2D eigenvalue weighted by Crippen LogP contribution is 2.37. The Balaban J connectivity index is 2.16. The van der Waals surface area contributed by atoms with Gasteiger partial charge < -0.3 is 5.73 Å². The van der Waals surface area contributed by atoms with Crippen LogP contribution in [0.2, 0.25) is 0 Å². The van der Waals surface area contributed by atoms with Crippen LogP contribution in [0.4, 0.5) is 0 Å². The lowest BCUT2D eigenvalue weighted by Gasteiger charge is -2.34. The maximum Gasteiger partial charge on any atom is 0.0578 e. The minimum atomic E-state index is -0.166. The molecule has 2 N–H and O–H groups in total. The molecule has 1 heterocycles. The monoisotopic (exact) mass is 227 g/mol. The Kier molecular flexibility index (Phi) is 2.56. The molecule has 17 heavy (non-hydrogen) atoms. The molecule has 3 nitrogen and oxygen atoms in total. The van der Waals surface area contributed by atoms with Crippen LogP contribution in [0.25, 0.3) is 10.8 Å². The summed E-state index contributed by atoms with van der Waals surface area (Å²) in [5, 5.41) is 10.2. The summed E-state index contributed by atoms with van der Waals surface area (Å²) in [6.07, 6.45) is 9.57. The van der Waals surface area contributed by atoms with Gasteiger partial charge in [-0.25, -0.2) is 0 Å². The van der Waals surface area contributed by atoms with E-state index in [1.165, 1.54) is 24.8 Å². The Hall–Kier alpha value is -1.48. The van der Waals surface area contributed by atoms with Gasteiger partial charge >= 0.3 is 0 Å². The first kappa shape index (κ1) is 10.7. The van der Waals surface area contributed by atoms with Crippen molar-refractivity contribution in [2.75, 3.05) is 0 Å².